The molecule has 1 saturated heterocycles. The lowest BCUT2D eigenvalue weighted by molar-refractivity contribution is 0.0485. The van der Waals surface area contributed by atoms with Crippen LogP contribution in [0.3, 0.4) is 0 Å². The van der Waals surface area contributed by atoms with Crippen LogP contribution in [0.25, 0.3) is 5.69 Å². The first-order valence-electron chi connectivity index (χ1n) is 10.4. The van der Waals surface area contributed by atoms with E-state index in [4.69, 9.17) is 4.74 Å². The first-order valence-corrected chi connectivity index (χ1v) is 10.4. The standard InChI is InChI=1S/C24H23F2N3O3/c1-16-13-21(30)22(28-29(16)20-8-3-2-7-19(20)26)23(31)27-15-24(9-11-32-12-10-24)17-5-4-6-18(25)14-17/h2-8,13-14H,9-12,15H2,1H3,(H,27,31). The number of nitrogens with zero attached hydrogens (tertiary/aromatic N) is 2. The van der Waals surface area contributed by atoms with Crippen LogP contribution in [0.5, 0.6) is 0 Å². The largest absolute Gasteiger partial charge is 0.381 e. The number of hydrogen-bond donors (Lipinski definition) is 1. The molecule has 0 bridgehead atoms. The van der Waals surface area contributed by atoms with Gasteiger partial charge in [-0.15, -0.1) is 0 Å². The molecule has 1 aliphatic heterocycles. The van der Waals surface area contributed by atoms with Crippen LogP contribution in [0.1, 0.15) is 34.6 Å². The van der Waals surface area contributed by atoms with Crippen molar-refractivity contribution in [3.63, 3.8) is 0 Å². The zero-order chi connectivity index (χ0) is 22.7. The summed E-state index contributed by atoms with van der Waals surface area (Å²) in [5.41, 5.74) is -0.107. The molecule has 1 aromatic heterocycles. The van der Waals surface area contributed by atoms with Gasteiger partial charge >= 0.3 is 0 Å². The van der Waals surface area contributed by atoms with Crippen LogP contribution in [-0.2, 0) is 10.2 Å². The fourth-order valence-corrected chi connectivity index (χ4v) is 4.05. The number of carbonyl (C=O) groups is 1. The van der Waals surface area contributed by atoms with Crippen LogP contribution in [-0.4, -0.2) is 35.4 Å². The average molecular weight is 439 g/mol. The molecule has 0 aliphatic carbocycles. The van der Waals surface area contributed by atoms with Crippen molar-refractivity contribution in [2.24, 2.45) is 0 Å². The second-order valence-electron chi connectivity index (χ2n) is 7.95. The number of aromatic nitrogens is 2. The highest BCUT2D eigenvalue weighted by Gasteiger charge is 2.35. The molecule has 2 heterocycles. The van der Waals surface area contributed by atoms with Crippen molar-refractivity contribution >= 4 is 5.91 Å². The van der Waals surface area contributed by atoms with E-state index in [0.29, 0.717) is 31.7 Å². The van der Waals surface area contributed by atoms with Gasteiger partial charge in [0.2, 0.25) is 5.43 Å². The highest BCUT2D eigenvalue weighted by Crippen LogP contribution is 2.34. The monoisotopic (exact) mass is 439 g/mol. The van der Waals surface area contributed by atoms with Crippen molar-refractivity contribution in [1.29, 1.82) is 0 Å². The number of ether oxygens (including phenoxy) is 1. The Labute approximate surface area is 183 Å². The molecule has 3 aromatic rings. The first-order chi connectivity index (χ1) is 15.4. The van der Waals surface area contributed by atoms with E-state index in [1.165, 1.54) is 35.0 Å². The molecule has 8 heteroatoms. The molecule has 6 nitrogen and oxygen atoms in total. The van der Waals surface area contributed by atoms with Gasteiger partial charge in [-0.2, -0.15) is 5.10 Å². The van der Waals surface area contributed by atoms with Gasteiger partial charge in [0.05, 0.1) is 0 Å². The van der Waals surface area contributed by atoms with E-state index in [2.05, 4.69) is 10.4 Å². The lowest BCUT2D eigenvalue weighted by Crippen LogP contribution is -2.45. The van der Waals surface area contributed by atoms with E-state index in [-0.39, 0.29) is 23.7 Å². The third-order valence-electron chi connectivity index (χ3n) is 5.88. The normalized spacial score (nSPS) is 15.3. The van der Waals surface area contributed by atoms with Gasteiger partial charge in [-0.3, -0.25) is 9.59 Å². The molecule has 0 saturated carbocycles. The molecule has 4 rings (SSSR count). The molecule has 2 aromatic carbocycles. The van der Waals surface area contributed by atoms with Crippen molar-refractivity contribution in [1.82, 2.24) is 15.1 Å². The summed E-state index contributed by atoms with van der Waals surface area (Å²) in [6.07, 6.45) is 1.19. The predicted octanol–water partition coefficient (Wildman–Crippen LogP) is 3.30. The number of halogens is 2. The highest BCUT2D eigenvalue weighted by atomic mass is 19.1. The molecule has 166 valence electrons. The minimum atomic E-state index is -0.664. The Morgan fingerprint density at radius 2 is 1.88 bits per heavy atom. The molecule has 1 aliphatic rings. The fraction of sp³-hybridized carbons (Fsp3) is 0.292. The second-order valence-corrected chi connectivity index (χ2v) is 7.95. The summed E-state index contributed by atoms with van der Waals surface area (Å²) >= 11 is 0. The highest BCUT2D eigenvalue weighted by molar-refractivity contribution is 5.92. The maximum absolute atomic E-state index is 14.3. The quantitative estimate of drug-likeness (QED) is 0.662. The maximum atomic E-state index is 14.3. The van der Waals surface area contributed by atoms with Gasteiger partial charge in [0, 0.05) is 36.9 Å². The number of rotatable bonds is 5. The van der Waals surface area contributed by atoms with Gasteiger partial charge in [-0.25, -0.2) is 13.5 Å². The number of carbonyl (C=O) groups excluding carboxylic acids is 1. The number of hydrogen-bond acceptors (Lipinski definition) is 4. The summed E-state index contributed by atoms with van der Waals surface area (Å²) < 4.78 is 34.9. The van der Waals surface area contributed by atoms with Gasteiger partial charge in [0.1, 0.15) is 17.3 Å². The van der Waals surface area contributed by atoms with Gasteiger partial charge in [-0.1, -0.05) is 24.3 Å². The lowest BCUT2D eigenvalue weighted by Gasteiger charge is -2.38. The van der Waals surface area contributed by atoms with Crippen LogP contribution in [0.4, 0.5) is 8.78 Å². The Balaban J connectivity index is 1.63. The van der Waals surface area contributed by atoms with E-state index in [9.17, 15) is 18.4 Å². The lowest BCUT2D eigenvalue weighted by atomic mass is 9.74. The van der Waals surface area contributed by atoms with Crippen LogP contribution < -0.4 is 10.7 Å². The maximum Gasteiger partial charge on any atom is 0.275 e. The van der Waals surface area contributed by atoms with Gasteiger partial charge in [-0.05, 0) is 49.6 Å². The van der Waals surface area contributed by atoms with Gasteiger partial charge in [0.25, 0.3) is 5.91 Å². The number of para-hydroxylation sites is 1. The molecule has 1 N–H and O–H groups in total. The van der Waals surface area contributed by atoms with Crippen molar-refractivity contribution in [2.45, 2.75) is 25.2 Å². The Bertz CT molecular complexity index is 1200. The van der Waals surface area contributed by atoms with Crippen molar-refractivity contribution in [3.05, 3.63) is 93.4 Å². The van der Waals surface area contributed by atoms with E-state index in [0.717, 1.165) is 5.56 Å². The Morgan fingerprint density at radius 1 is 1.12 bits per heavy atom. The average Bonchev–Trinajstić information content (AvgIpc) is 2.79. The molecule has 1 amide bonds. The molecular weight excluding hydrogens is 416 g/mol. The summed E-state index contributed by atoms with van der Waals surface area (Å²) in [6.45, 7) is 2.77. The Hall–Kier alpha value is -3.39. The zero-order valence-corrected chi connectivity index (χ0v) is 17.6. The summed E-state index contributed by atoms with van der Waals surface area (Å²) in [6, 6.07) is 13.5. The molecule has 0 atom stereocenters. The second kappa shape index (κ2) is 9.00. The van der Waals surface area contributed by atoms with E-state index < -0.39 is 22.6 Å². The van der Waals surface area contributed by atoms with E-state index in [1.54, 1.807) is 25.1 Å². The molecule has 1 fully saturated rings. The van der Waals surface area contributed by atoms with E-state index >= 15 is 0 Å². The van der Waals surface area contributed by atoms with Crippen molar-refractivity contribution in [3.8, 4) is 5.69 Å². The summed E-state index contributed by atoms with van der Waals surface area (Å²) in [5.74, 6) is -1.54. The van der Waals surface area contributed by atoms with Gasteiger partial charge < -0.3 is 10.1 Å². The van der Waals surface area contributed by atoms with Gasteiger partial charge in [0.15, 0.2) is 5.69 Å². The van der Waals surface area contributed by atoms with Crippen LogP contribution in [0.2, 0.25) is 0 Å². The summed E-state index contributed by atoms with van der Waals surface area (Å²) in [4.78, 5) is 25.4. The first kappa shape index (κ1) is 21.8. The summed E-state index contributed by atoms with van der Waals surface area (Å²) in [7, 11) is 0. The van der Waals surface area contributed by atoms with Crippen molar-refractivity contribution < 1.29 is 18.3 Å². The third kappa shape index (κ3) is 4.31. The van der Waals surface area contributed by atoms with Crippen LogP contribution in [0, 0.1) is 18.6 Å². The molecule has 32 heavy (non-hydrogen) atoms. The molecular formula is C24H23F2N3O3. The number of benzene rings is 2. The van der Waals surface area contributed by atoms with Crippen LogP contribution in [0.15, 0.2) is 59.4 Å². The minimum absolute atomic E-state index is 0.139. The fourth-order valence-electron chi connectivity index (χ4n) is 4.05. The SMILES string of the molecule is Cc1cc(=O)c(C(=O)NCC2(c3cccc(F)c3)CCOCC2)nn1-c1ccccc1F. The predicted molar refractivity (Wildman–Crippen MR) is 115 cm³/mol. The molecule has 0 unspecified atom stereocenters. The summed E-state index contributed by atoms with van der Waals surface area (Å²) in [5, 5.41) is 6.94. The number of nitrogens with one attached hydrogen (secondary N) is 1. The number of amides is 1. The van der Waals surface area contributed by atoms with E-state index in [1.807, 2.05) is 6.07 Å². The Morgan fingerprint density at radius 3 is 2.59 bits per heavy atom. The smallest absolute Gasteiger partial charge is 0.275 e. The molecule has 0 spiro atoms. The Kier molecular flexibility index (Phi) is 6.14. The van der Waals surface area contributed by atoms with Crippen molar-refractivity contribution in [2.75, 3.05) is 19.8 Å². The number of aryl methyl sites for hydroxylation is 1. The topological polar surface area (TPSA) is 73.2 Å². The third-order valence-corrected chi connectivity index (χ3v) is 5.88. The van der Waals surface area contributed by atoms with Crippen LogP contribution >= 0.6 is 0 Å². The zero-order valence-electron chi connectivity index (χ0n) is 17.6. The minimum Gasteiger partial charge on any atom is -0.381 e. The molecule has 0 radical (unpaired) electrons.